The standard InChI is InChI=1S/C11H21N5O/c1-15(2)6-3-5-13-11(17)10-8-16(7-4-12)9-14-10/h8-9H,3-7,12H2,1-2H3,(H,13,17). The van der Waals surface area contributed by atoms with Crippen LogP contribution in [-0.4, -0.2) is 54.1 Å². The van der Waals surface area contributed by atoms with Crippen LogP contribution in [0, 0.1) is 0 Å². The van der Waals surface area contributed by atoms with E-state index in [-0.39, 0.29) is 5.91 Å². The molecule has 0 spiro atoms. The van der Waals surface area contributed by atoms with Crippen molar-refractivity contribution in [1.82, 2.24) is 19.8 Å². The van der Waals surface area contributed by atoms with Gasteiger partial charge in [0.05, 0.1) is 6.33 Å². The fraction of sp³-hybridized carbons (Fsp3) is 0.636. The van der Waals surface area contributed by atoms with Crippen molar-refractivity contribution in [2.75, 3.05) is 33.7 Å². The number of hydrogen-bond acceptors (Lipinski definition) is 4. The van der Waals surface area contributed by atoms with Gasteiger partial charge in [0.2, 0.25) is 0 Å². The Balaban J connectivity index is 2.31. The Morgan fingerprint density at radius 2 is 2.35 bits per heavy atom. The molecule has 0 bridgehead atoms. The lowest BCUT2D eigenvalue weighted by atomic mass is 10.3. The number of aromatic nitrogens is 2. The van der Waals surface area contributed by atoms with E-state index in [0.29, 0.717) is 25.3 Å². The monoisotopic (exact) mass is 239 g/mol. The van der Waals surface area contributed by atoms with Crippen LogP contribution < -0.4 is 11.1 Å². The molecule has 0 aliphatic rings. The molecule has 1 heterocycles. The second-order valence-electron chi connectivity index (χ2n) is 4.20. The van der Waals surface area contributed by atoms with Crippen molar-refractivity contribution in [3.05, 3.63) is 18.2 Å². The zero-order chi connectivity index (χ0) is 12.7. The first-order chi connectivity index (χ1) is 8.13. The molecule has 0 saturated carbocycles. The molecule has 0 atom stereocenters. The molecule has 0 aromatic carbocycles. The lowest BCUT2D eigenvalue weighted by Gasteiger charge is -2.09. The Bertz CT molecular complexity index is 347. The maximum Gasteiger partial charge on any atom is 0.271 e. The van der Waals surface area contributed by atoms with E-state index in [1.807, 2.05) is 18.7 Å². The zero-order valence-electron chi connectivity index (χ0n) is 10.5. The molecule has 17 heavy (non-hydrogen) atoms. The Kier molecular flexibility index (Phi) is 5.65. The van der Waals surface area contributed by atoms with E-state index in [2.05, 4.69) is 15.2 Å². The van der Waals surface area contributed by atoms with Gasteiger partial charge in [0.1, 0.15) is 5.69 Å². The van der Waals surface area contributed by atoms with Crippen LogP contribution in [0.5, 0.6) is 0 Å². The molecule has 6 nitrogen and oxygen atoms in total. The molecular formula is C11H21N5O. The molecule has 0 unspecified atom stereocenters. The Morgan fingerprint density at radius 3 is 3.00 bits per heavy atom. The van der Waals surface area contributed by atoms with E-state index in [4.69, 9.17) is 5.73 Å². The van der Waals surface area contributed by atoms with Crippen LogP contribution in [0.3, 0.4) is 0 Å². The Hall–Kier alpha value is -1.40. The summed E-state index contributed by atoms with van der Waals surface area (Å²) >= 11 is 0. The number of nitrogens with one attached hydrogen (secondary N) is 1. The molecule has 0 aliphatic carbocycles. The van der Waals surface area contributed by atoms with E-state index in [1.54, 1.807) is 12.5 Å². The first kappa shape index (κ1) is 13.7. The summed E-state index contributed by atoms with van der Waals surface area (Å²) in [5, 5.41) is 2.84. The Morgan fingerprint density at radius 1 is 1.59 bits per heavy atom. The molecule has 0 aliphatic heterocycles. The van der Waals surface area contributed by atoms with Crippen molar-refractivity contribution in [3.8, 4) is 0 Å². The largest absolute Gasteiger partial charge is 0.351 e. The first-order valence-electron chi connectivity index (χ1n) is 5.78. The van der Waals surface area contributed by atoms with Gasteiger partial charge >= 0.3 is 0 Å². The highest BCUT2D eigenvalue weighted by Gasteiger charge is 2.07. The van der Waals surface area contributed by atoms with Crippen LogP contribution in [0.15, 0.2) is 12.5 Å². The number of imidazole rings is 1. The normalized spacial score (nSPS) is 10.8. The van der Waals surface area contributed by atoms with Gasteiger partial charge < -0.3 is 20.5 Å². The minimum Gasteiger partial charge on any atom is -0.351 e. The molecule has 1 aromatic rings. The summed E-state index contributed by atoms with van der Waals surface area (Å²) in [4.78, 5) is 17.8. The highest BCUT2D eigenvalue weighted by atomic mass is 16.1. The fourth-order valence-corrected chi connectivity index (χ4v) is 1.44. The molecule has 0 saturated heterocycles. The van der Waals surface area contributed by atoms with Gasteiger partial charge in [-0.3, -0.25) is 4.79 Å². The molecule has 0 fully saturated rings. The molecule has 1 rings (SSSR count). The van der Waals surface area contributed by atoms with Gasteiger partial charge in [0.15, 0.2) is 0 Å². The van der Waals surface area contributed by atoms with E-state index in [0.717, 1.165) is 13.0 Å². The molecule has 3 N–H and O–H groups in total. The molecule has 1 amide bonds. The van der Waals surface area contributed by atoms with E-state index in [1.165, 1.54) is 0 Å². The van der Waals surface area contributed by atoms with Gasteiger partial charge in [-0.2, -0.15) is 0 Å². The average molecular weight is 239 g/mol. The Labute approximate surface area is 102 Å². The summed E-state index contributed by atoms with van der Waals surface area (Å²) in [6, 6.07) is 0. The summed E-state index contributed by atoms with van der Waals surface area (Å²) < 4.78 is 1.81. The first-order valence-corrected chi connectivity index (χ1v) is 5.78. The second-order valence-corrected chi connectivity index (χ2v) is 4.20. The average Bonchev–Trinajstić information content (AvgIpc) is 2.73. The van der Waals surface area contributed by atoms with Crippen LogP contribution in [-0.2, 0) is 6.54 Å². The number of nitrogens with zero attached hydrogens (tertiary/aromatic N) is 3. The van der Waals surface area contributed by atoms with Gasteiger partial charge in [-0.1, -0.05) is 0 Å². The number of rotatable bonds is 7. The summed E-state index contributed by atoms with van der Waals surface area (Å²) in [5.74, 6) is -0.125. The van der Waals surface area contributed by atoms with Crippen LogP contribution in [0.4, 0.5) is 0 Å². The lowest BCUT2D eigenvalue weighted by molar-refractivity contribution is 0.0947. The van der Waals surface area contributed by atoms with Gasteiger partial charge in [-0.05, 0) is 27.1 Å². The molecular weight excluding hydrogens is 218 g/mol. The smallest absolute Gasteiger partial charge is 0.271 e. The van der Waals surface area contributed by atoms with Crippen LogP contribution in [0.2, 0.25) is 0 Å². The van der Waals surface area contributed by atoms with Crippen molar-refractivity contribution < 1.29 is 4.79 Å². The number of carbonyl (C=O) groups excluding carboxylic acids is 1. The van der Waals surface area contributed by atoms with E-state index < -0.39 is 0 Å². The summed E-state index contributed by atoms with van der Waals surface area (Å²) in [6.45, 7) is 2.85. The van der Waals surface area contributed by atoms with Crippen molar-refractivity contribution in [3.63, 3.8) is 0 Å². The van der Waals surface area contributed by atoms with Gasteiger partial charge in [0, 0.05) is 25.8 Å². The molecule has 6 heteroatoms. The van der Waals surface area contributed by atoms with Crippen molar-refractivity contribution in [1.29, 1.82) is 0 Å². The minimum atomic E-state index is -0.125. The highest BCUT2D eigenvalue weighted by molar-refractivity contribution is 5.91. The SMILES string of the molecule is CN(C)CCCNC(=O)c1cn(CCN)cn1. The maximum atomic E-state index is 11.7. The molecule has 1 aromatic heterocycles. The number of hydrogen-bond donors (Lipinski definition) is 2. The topological polar surface area (TPSA) is 76.2 Å². The van der Waals surface area contributed by atoms with E-state index >= 15 is 0 Å². The predicted molar refractivity (Wildman–Crippen MR) is 66.8 cm³/mol. The van der Waals surface area contributed by atoms with E-state index in [9.17, 15) is 4.79 Å². The lowest BCUT2D eigenvalue weighted by Crippen LogP contribution is -2.27. The number of nitrogens with two attached hydrogens (primary N) is 1. The van der Waals surface area contributed by atoms with Gasteiger partial charge in [-0.25, -0.2) is 4.98 Å². The quantitative estimate of drug-likeness (QED) is 0.630. The third-order valence-electron chi connectivity index (χ3n) is 2.32. The second kappa shape index (κ2) is 7.03. The number of carbonyl (C=O) groups is 1. The van der Waals surface area contributed by atoms with Crippen LogP contribution >= 0.6 is 0 Å². The summed E-state index contributed by atoms with van der Waals surface area (Å²) in [6.07, 6.45) is 4.28. The predicted octanol–water partition coefficient (Wildman–Crippen LogP) is -0.477. The van der Waals surface area contributed by atoms with Crippen LogP contribution in [0.1, 0.15) is 16.9 Å². The van der Waals surface area contributed by atoms with Crippen molar-refractivity contribution in [2.45, 2.75) is 13.0 Å². The summed E-state index contributed by atoms with van der Waals surface area (Å²) in [7, 11) is 4.02. The highest BCUT2D eigenvalue weighted by Crippen LogP contribution is 1.95. The zero-order valence-corrected chi connectivity index (χ0v) is 10.5. The molecule has 0 radical (unpaired) electrons. The minimum absolute atomic E-state index is 0.125. The number of amides is 1. The third-order valence-corrected chi connectivity index (χ3v) is 2.32. The van der Waals surface area contributed by atoms with Gasteiger partial charge in [-0.15, -0.1) is 0 Å². The molecule has 96 valence electrons. The fourth-order valence-electron chi connectivity index (χ4n) is 1.44. The summed E-state index contributed by atoms with van der Waals surface area (Å²) in [5.41, 5.74) is 5.87. The third kappa shape index (κ3) is 4.97. The van der Waals surface area contributed by atoms with Crippen molar-refractivity contribution >= 4 is 5.91 Å². The van der Waals surface area contributed by atoms with Crippen LogP contribution in [0.25, 0.3) is 0 Å². The van der Waals surface area contributed by atoms with Gasteiger partial charge in [0.25, 0.3) is 5.91 Å². The maximum absolute atomic E-state index is 11.7. The van der Waals surface area contributed by atoms with Crippen molar-refractivity contribution in [2.24, 2.45) is 5.73 Å².